The molecule has 0 atom stereocenters. The highest BCUT2D eigenvalue weighted by atomic mass is 16.4. The first kappa shape index (κ1) is 42.5. The molecule has 0 amide bonds. The Balaban J connectivity index is 1.00. The zero-order valence-corrected chi connectivity index (χ0v) is 37.9. The van der Waals surface area contributed by atoms with E-state index in [0.717, 1.165) is 89.0 Å². The molecule has 69 heavy (non-hydrogen) atoms. The second-order valence-electron chi connectivity index (χ2n) is 16.9. The normalized spacial score (nSPS) is 10.9. The number of hydrogen-bond donors (Lipinski definition) is 0. The Bertz CT molecular complexity index is 3240. The molecule has 0 fully saturated rings. The third-order valence-electron chi connectivity index (χ3n) is 12.5. The van der Waals surface area contributed by atoms with E-state index in [2.05, 4.69) is 267 Å². The van der Waals surface area contributed by atoms with Gasteiger partial charge in [0.1, 0.15) is 0 Å². The number of nitrogens with zero attached hydrogens (tertiary/aromatic N) is 2. The van der Waals surface area contributed by atoms with Crippen molar-refractivity contribution in [3.63, 3.8) is 0 Å². The first-order valence-electron chi connectivity index (χ1n) is 23.3. The van der Waals surface area contributed by atoms with Gasteiger partial charge in [0.05, 0.1) is 0 Å². The summed E-state index contributed by atoms with van der Waals surface area (Å²) >= 11 is 0. The molecule has 0 unspecified atom stereocenters. The standard InChI is InChI=1S/C66H46N2O/c1-7-25-47(26-8-1)61(48-27-9-2-10-28-48)63(51-33-15-5-16-34-51)55-39-23-37-53(45-55)57-41-19-21-43-59(57)65-67-68-66(69-65)60-44-22-20-42-58(60)54-38-24-40-56(46-54)64(52-35-17-6-18-36-52)62(49-29-11-3-12-30-49)50-31-13-4-14-32-50/h1-46H. The Morgan fingerprint density at radius 3 is 0.739 bits per heavy atom. The van der Waals surface area contributed by atoms with Gasteiger partial charge < -0.3 is 4.42 Å². The van der Waals surface area contributed by atoms with Crippen LogP contribution < -0.4 is 0 Å². The van der Waals surface area contributed by atoms with Crippen molar-refractivity contribution in [3.8, 4) is 45.2 Å². The average molecular weight is 883 g/mol. The van der Waals surface area contributed by atoms with Crippen molar-refractivity contribution in [2.24, 2.45) is 0 Å². The van der Waals surface area contributed by atoms with Crippen molar-refractivity contribution in [3.05, 3.63) is 324 Å². The summed E-state index contributed by atoms with van der Waals surface area (Å²) in [6.07, 6.45) is 0. The third kappa shape index (κ3) is 8.93. The molecule has 1 aromatic heterocycles. The Kier molecular flexibility index (Phi) is 12.1. The van der Waals surface area contributed by atoms with Gasteiger partial charge in [-0.15, -0.1) is 10.2 Å². The molecular weight excluding hydrogens is 837 g/mol. The van der Waals surface area contributed by atoms with E-state index in [0.29, 0.717) is 11.8 Å². The summed E-state index contributed by atoms with van der Waals surface area (Å²) < 4.78 is 6.74. The Morgan fingerprint density at radius 1 is 0.217 bits per heavy atom. The number of aromatic nitrogens is 2. The van der Waals surface area contributed by atoms with Gasteiger partial charge >= 0.3 is 0 Å². The van der Waals surface area contributed by atoms with Crippen LogP contribution in [0.3, 0.4) is 0 Å². The van der Waals surface area contributed by atoms with Gasteiger partial charge in [-0.1, -0.05) is 255 Å². The molecule has 11 rings (SSSR count). The fourth-order valence-electron chi connectivity index (χ4n) is 9.42. The summed E-state index contributed by atoms with van der Waals surface area (Å²) in [5.74, 6) is 0.902. The summed E-state index contributed by atoms with van der Waals surface area (Å²) in [6.45, 7) is 0. The molecule has 1 heterocycles. The van der Waals surface area contributed by atoms with Gasteiger partial charge in [-0.2, -0.15) is 0 Å². The van der Waals surface area contributed by atoms with Gasteiger partial charge in [0.25, 0.3) is 0 Å². The summed E-state index contributed by atoms with van der Waals surface area (Å²) in [6, 6.07) is 98.2. The van der Waals surface area contributed by atoms with Crippen molar-refractivity contribution < 1.29 is 4.42 Å². The van der Waals surface area contributed by atoms with Crippen molar-refractivity contribution in [1.29, 1.82) is 0 Å². The Morgan fingerprint density at radius 2 is 0.449 bits per heavy atom. The predicted molar refractivity (Wildman–Crippen MR) is 285 cm³/mol. The fraction of sp³-hybridized carbons (Fsp3) is 0. The van der Waals surface area contributed by atoms with Crippen LogP contribution in [0.5, 0.6) is 0 Å². The molecule has 11 aromatic rings. The zero-order chi connectivity index (χ0) is 46.2. The highest BCUT2D eigenvalue weighted by Crippen LogP contribution is 2.42. The van der Waals surface area contributed by atoms with E-state index in [1.807, 2.05) is 12.1 Å². The van der Waals surface area contributed by atoms with Gasteiger partial charge in [0, 0.05) is 11.1 Å². The van der Waals surface area contributed by atoms with Gasteiger partial charge in [0.15, 0.2) is 0 Å². The smallest absolute Gasteiger partial charge is 0.248 e. The predicted octanol–water partition coefficient (Wildman–Crippen LogP) is 16.8. The van der Waals surface area contributed by atoms with E-state index in [9.17, 15) is 0 Å². The van der Waals surface area contributed by atoms with Gasteiger partial charge in [-0.05, 0) is 113 Å². The molecule has 0 saturated carbocycles. The molecule has 0 saturated heterocycles. The van der Waals surface area contributed by atoms with E-state index in [1.54, 1.807) is 0 Å². The minimum absolute atomic E-state index is 0.451. The molecule has 0 spiro atoms. The summed E-state index contributed by atoms with van der Waals surface area (Å²) in [4.78, 5) is 0. The maximum Gasteiger partial charge on any atom is 0.248 e. The number of rotatable bonds is 12. The lowest BCUT2D eigenvalue weighted by Crippen LogP contribution is -1.98. The highest BCUT2D eigenvalue weighted by Gasteiger charge is 2.22. The highest BCUT2D eigenvalue weighted by molar-refractivity contribution is 6.06. The Hall–Kier alpha value is -9.18. The summed E-state index contributed by atoms with van der Waals surface area (Å²) in [5.41, 5.74) is 19.5. The quantitative estimate of drug-likeness (QED) is 0.115. The van der Waals surface area contributed by atoms with Crippen molar-refractivity contribution in [1.82, 2.24) is 10.2 Å². The molecule has 0 aliphatic rings. The maximum atomic E-state index is 6.74. The monoisotopic (exact) mass is 882 g/mol. The van der Waals surface area contributed by atoms with Crippen LogP contribution in [0.4, 0.5) is 0 Å². The lowest BCUT2D eigenvalue weighted by molar-refractivity contribution is 0.585. The third-order valence-corrected chi connectivity index (χ3v) is 12.5. The van der Waals surface area contributed by atoms with Crippen LogP contribution in [0, 0.1) is 0 Å². The van der Waals surface area contributed by atoms with Crippen LogP contribution in [-0.4, -0.2) is 10.2 Å². The topological polar surface area (TPSA) is 38.9 Å². The Labute approximate surface area is 403 Å². The van der Waals surface area contributed by atoms with Crippen LogP contribution in [0.25, 0.3) is 67.5 Å². The lowest BCUT2D eigenvalue weighted by Gasteiger charge is -2.19. The minimum atomic E-state index is 0.451. The molecule has 3 heteroatoms. The van der Waals surface area contributed by atoms with Gasteiger partial charge in [-0.3, -0.25) is 0 Å². The first-order valence-corrected chi connectivity index (χ1v) is 23.3. The van der Waals surface area contributed by atoms with Crippen molar-refractivity contribution in [2.75, 3.05) is 0 Å². The van der Waals surface area contributed by atoms with Crippen molar-refractivity contribution in [2.45, 2.75) is 0 Å². The summed E-state index contributed by atoms with van der Waals surface area (Å²) in [5, 5.41) is 9.48. The molecule has 0 N–H and O–H groups in total. The molecule has 3 nitrogen and oxygen atoms in total. The van der Waals surface area contributed by atoms with E-state index < -0.39 is 0 Å². The maximum absolute atomic E-state index is 6.74. The molecular formula is C66H46N2O. The minimum Gasteiger partial charge on any atom is -0.416 e. The molecule has 0 aliphatic carbocycles. The van der Waals surface area contributed by atoms with Crippen LogP contribution in [0.1, 0.15) is 44.5 Å². The fourth-order valence-corrected chi connectivity index (χ4v) is 9.42. The van der Waals surface area contributed by atoms with Crippen LogP contribution in [0.15, 0.2) is 283 Å². The zero-order valence-electron chi connectivity index (χ0n) is 37.9. The largest absolute Gasteiger partial charge is 0.416 e. The second kappa shape index (κ2) is 19.7. The molecule has 326 valence electrons. The van der Waals surface area contributed by atoms with E-state index in [4.69, 9.17) is 14.6 Å². The van der Waals surface area contributed by atoms with Crippen LogP contribution in [0.2, 0.25) is 0 Å². The molecule has 0 bridgehead atoms. The lowest BCUT2D eigenvalue weighted by atomic mass is 9.85. The van der Waals surface area contributed by atoms with Gasteiger partial charge in [0.2, 0.25) is 11.8 Å². The number of hydrogen-bond acceptors (Lipinski definition) is 3. The molecule has 0 radical (unpaired) electrons. The van der Waals surface area contributed by atoms with E-state index in [-0.39, 0.29) is 0 Å². The van der Waals surface area contributed by atoms with Crippen molar-refractivity contribution >= 4 is 22.3 Å². The van der Waals surface area contributed by atoms with Crippen LogP contribution >= 0.6 is 0 Å². The first-order chi connectivity index (χ1) is 34.3. The second-order valence-corrected chi connectivity index (χ2v) is 16.9. The van der Waals surface area contributed by atoms with Crippen LogP contribution in [-0.2, 0) is 0 Å². The number of benzene rings is 10. The van der Waals surface area contributed by atoms with E-state index >= 15 is 0 Å². The molecule has 10 aromatic carbocycles. The van der Waals surface area contributed by atoms with Gasteiger partial charge in [-0.25, -0.2) is 0 Å². The molecule has 0 aliphatic heterocycles. The summed E-state index contributed by atoms with van der Waals surface area (Å²) in [7, 11) is 0. The average Bonchev–Trinajstić information content (AvgIpc) is 3.93. The SMILES string of the molecule is c1ccc(C(=C(c2ccccc2)c2cccc(-c3ccccc3-c3nnc(-c4ccccc4-c4cccc(C(=C(c5ccccc5)c5ccccc5)c5ccccc5)c4)o3)c2)c2ccccc2)cc1. The van der Waals surface area contributed by atoms with E-state index in [1.165, 1.54) is 11.1 Å².